The van der Waals surface area contributed by atoms with E-state index in [0.29, 0.717) is 42.8 Å². The largest absolute Gasteiger partial charge is 0.357 e. The summed E-state index contributed by atoms with van der Waals surface area (Å²) < 4.78 is 26.7. The average molecular weight is 450 g/mol. The third kappa shape index (κ3) is 5.38. The minimum Gasteiger partial charge on any atom is -0.357 e. The number of fused-ring (bicyclic) bond motifs is 1. The van der Waals surface area contributed by atoms with E-state index < -0.39 is 10.0 Å². The van der Waals surface area contributed by atoms with Crippen LogP contribution in [0.25, 0.3) is 0 Å². The number of guanidine groups is 1. The van der Waals surface area contributed by atoms with Crippen molar-refractivity contribution in [3.05, 3.63) is 47.3 Å². The van der Waals surface area contributed by atoms with E-state index in [1.165, 1.54) is 15.6 Å². The standard InChI is InChI=1S/C20H27N5O3S2/c1-3-21-20(22-10-11-25(2)30(27,28)19-9-6-12-29-19)23-14-15-13-18(26)24-17-8-5-4-7-16(15)17/h4-9,12,15H,3,10-11,13-14H2,1-2H3,(H,24,26)(H2,21,22,23). The van der Waals surface area contributed by atoms with E-state index in [-0.39, 0.29) is 11.8 Å². The number of rotatable bonds is 8. The Morgan fingerprint density at radius 2 is 2.07 bits per heavy atom. The molecule has 2 aromatic rings. The first-order valence-corrected chi connectivity index (χ1v) is 12.1. The maximum atomic E-state index is 12.5. The van der Waals surface area contributed by atoms with E-state index in [0.717, 1.165) is 11.3 Å². The maximum Gasteiger partial charge on any atom is 0.252 e. The summed E-state index contributed by atoms with van der Waals surface area (Å²) in [5, 5.41) is 11.0. The molecule has 1 aromatic carbocycles. The van der Waals surface area contributed by atoms with Crippen molar-refractivity contribution < 1.29 is 13.2 Å². The van der Waals surface area contributed by atoms with E-state index in [4.69, 9.17) is 0 Å². The molecule has 0 saturated heterocycles. The smallest absolute Gasteiger partial charge is 0.252 e. The fourth-order valence-corrected chi connectivity index (χ4v) is 5.60. The molecule has 10 heteroatoms. The number of carbonyl (C=O) groups excluding carboxylic acids is 1. The molecule has 3 rings (SSSR count). The topological polar surface area (TPSA) is 103 Å². The van der Waals surface area contributed by atoms with Gasteiger partial charge >= 0.3 is 0 Å². The summed E-state index contributed by atoms with van der Waals surface area (Å²) in [5.74, 6) is 0.599. The molecule has 8 nitrogen and oxygen atoms in total. The number of sulfonamides is 1. The predicted molar refractivity (Wildman–Crippen MR) is 121 cm³/mol. The number of anilines is 1. The number of thiophene rings is 1. The van der Waals surface area contributed by atoms with Crippen LogP contribution in [0.3, 0.4) is 0 Å². The Morgan fingerprint density at radius 3 is 2.80 bits per heavy atom. The number of hydrogen-bond acceptors (Lipinski definition) is 5. The minimum atomic E-state index is -3.47. The van der Waals surface area contributed by atoms with Crippen molar-refractivity contribution in [2.24, 2.45) is 4.99 Å². The molecule has 1 atom stereocenters. The Morgan fingerprint density at radius 1 is 1.27 bits per heavy atom. The van der Waals surface area contributed by atoms with Gasteiger partial charge in [-0.3, -0.25) is 9.79 Å². The van der Waals surface area contributed by atoms with Gasteiger partial charge in [0.1, 0.15) is 4.21 Å². The first kappa shape index (κ1) is 22.3. The van der Waals surface area contributed by atoms with Gasteiger partial charge in [0.05, 0.1) is 6.54 Å². The summed E-state index contributed by atoms with van der Waals surface area (Å²) in [6.07, 6.45) is 0.391. The number of aliphatic imine (C=N–C) groups is 1. The molecule has 30 heavy (non-hydrogen) atoms. The molecule has 3 N–H and O–H groups in total. The zero-order chi connectivity index (χ0) is 21.6. The van der Waals surface area contributed by atoms with Gasteiger partial charge in [0.15, 0.2) is 5.96 Å². The van der Waals surface area contributed by atoms with Crippen molar-refractivity contribution in [3.63, 3.8) is 0 Å². The van der Waals surface area contributed by atoms with E-state index in [9.17, 15) is 13.2 Å². The van der Waals surface area contributed by atoms with Gasteiger partial charge in [-0.2, -0.15) is 4.31 Å². The van der Waals surface area contributed by atoms with Crippen molar-refractivity contribution in [1.82, 2.24) is 14.9 Å². The van der Waals surface area contributed by atoms with Gasteiger partial charge in [-0.1, -0.05) is 24.3 Å². The van der Waals surface area contributed by atoms with Crippen LogP contribution in [-0.4, -0.2) is 57.8 Å². The van der Waals surface area contributed by atoms with Crippen LogP contribution in [0.2, 0.25) is 0 Å². The van der Waals surface area contributed by atoms with Crippen LogP contribution in [0.1, 0.15) is 24.8 Å². The lowest BCUT2D eigenvalue weighted by molar-refractivity contribution is -0.116. The number of para-hydroxylation sites is 1. The fourth-order valence-electron chi connectivity index (χ4n) is 3.22. The zero-order valence-corrected chi connectivity index (χ0v) is 18.7. The molecule has 1 unspecified atom stereocenters. The quantitative estimate of drug-likeness (QED) is 0.423. The highest BCUT2D eigenvalue weighted by Crippen LogP contribution is 2.31. The van der Waals surface area contributed by atoms with Gasteiger partial charge in [0, 0.05) is 44.7 Å². The van der Waals surface area contributed by atoms with Crippen molar-refractivity contribution >= 4 is 38.9 Å². The lowest BCUT2D eigenvalue weighted by Gasteiger charge is -2.24. The number of nitrogens with zero attached hydrogens (tertiary/aromatic N) is 2. The van der Waals surface area contributed by atoms with Crippen LogP contribution in [-0.2, 0) is 14.8 Å². The molecule has 0 fully saturated rings. The van der Waals surface area contributed by atoms with Gasteiger partial charge in [0.2, 0.25) is 5.91 Å². The number of amides is 1. The van der Waals surface area contributed by atoms with Crippen LogP contribution in [0.4, 0.5) is 5.69 Å². The van der Waals surface area contributed by atoms with Gasteiger partial charge in [-0.25, -0.2) is 8.42 Å². The molecule has 1 amide bonds. The van der Waals surface area contributed by atoms with Gasteiger partial charge in [-0.05, 0) is 30.0 Å². The Kier molecular flexibility index (Phi) is 7.46. The summed E-state index contributed by atoms with van der Waals surface area (Å²) in [5.41, 5.74) is 1.92. The normalized spacial score (nSPS) is 16.8. The molecule has 0 bridgehead atoms. The van der Waals surface area contributed by atoms with Crippen LogP contribution >= 0.6 is 11.3 Å². The van der Waals surface area contributed by atoms with E-state index >= 15 is 0 Å². The Bertz CT molecular complexity index is 990. The number of benzene rings is 1. The second-order valence-corrected chi connectivity index (χ2v) is 10.2. The van der Waals surface area contributed by atoms with E-state index in [1.807, 2.05) is 31.2 Å². The highest BCUT2D eigenvalue weighted by molar-refractivity contribution is 7.91. The average Bonchev–Trinajstić information content (AvgIpc) is 3.27. The third-order valence-corrected chi connectivity index (χ3v) is 8.03. The number of hydrogen-bond donors (Lipinski definition) is 3. The number of carbonyl (C=O) groups is 1. The first-order chi connectivity index (χ1) is 14.4. The molecule has 0 radical (unpaired) electrons. The minimum absolute atomic E-state index is 0.00675. The summed E-state index contributed by atoms with van der Waals surface area (Å²) in [6, 6.07) is 11.1. The Hall–Kier alpha value is -2.43. The molecular formula is C20H27N5O3S2. The maximum absolute atomic E-state index is 12.5. The van der Waals surface area contributed by atoms with E-state index in [1.54, 1.807) is 24.6 Å². The Balaban J connectivity index is 1.60. The first-order valence-electron chi connectivity index (χ1n) is 9.82. The molecule has 0 saturated carbocycles. The molecular weight excluding hydrogens is 422 g/mol. The summed E-state index contributed by atoms with van der Waals surface area (Å²) in [4.78, 5) is 16.6. The summed E-state index contributed by atoms with van der Waals surface area (Å²) in [7, 11) is -1.90. The van der Waals surface area contributed by atoms with Crippen molar-refractivity contribution in [1.29, 1.82) is 0 Å². The van der Waals surface area contributed by atoms with E-state index in [2.05, 4.69) is 20.9 Å². The van der Waals surface area contributed by atoms with Crippen LogP contribution in [0.15, 0.2) is 51.0 Å². The molecule has 1 aromatic heterocycles. The molecule has 2 heterocycles. The zero-order valence-electron chi connectivity index (χ0n) is 17.1. The fraction of sp³-hybridized carbons (Fsp3) is 0.400. The van der Waals surface area contributed by atoms with Gasteiger partial charge < -0.3 is 16.0 Å². The van der Waals surface area contributed by atoms with Crippen LogP contribution in [0, 0.1) is 0 Å². The highest BCUT2D eigenvalue weighted by atomic mass is 32.2. The molecule has 1 aliphatic rings. The number of nitrogens with one attached hydrogen (secondary N) is 3. The molecule has 0 spiro atoms. The van der Waals surface area contributed by atoms with Crippen molar-refractivity contribution in [2.75, 3.05) is 38.5 Å². The van der Waals surface area contributed by atoms with Gasteiger partial charge in [0.25, 0.3) is 10.0 Å². The van der Waals surface area contributed by atoms with Crippen molar-refractivity contribution in [3.8, 4) is 0 Å². The predicted octanol–water partition coefficient (Wildman–Crippen LogP) is 2.05. The lowest BCUT2D eigenvalue weighted by Crippen LogP contribution is -2.42. The third-order valence-electron chi connectivity index (χ3n) is 4.80. The summed E-state index contributed by atoms with van der Waals surface area (Å²) >= 11 is 1.21. The number of likely N-dealkylation sites (N-methyl/N-ethyl adjacent to an activating group) is 1. The second kappa shape index (κ2) is 10.1. The Labute approximate surface area is 181 Å². The SMILES string of the molecule is CCNC(=NCC1CC(=O)Nc2ccccc21)NCCN(C)S(=O)(=O)c1cccs1. The monoisotopic (exact) mass is 449 g/mol. The van der Waals surface area contributed by atoms with Crippen molar-refractivity contribution in [2.45, 2.75) is 23.5 Å². The summed E-state index contributed by atoms with van der Waals surface area (Å²) in [6.45, 7) is 3.82. The highest BCUT2D eigenvalue weighted by Gasteiger charge is 2.25. The molecule has 0 aliphatic carbocycles. The second-order valence-electron chi connectivity index (χ2n) is 6.94. The van der Waals surface area contributed by atoms with Crippen LogP contribution in [0.5, 0.6) is 0 Å². The molecule has 1 aliphatic heterocycles. The lowest BCUT2D eigenvalue weighted by atomic mass is 9.91. The van der Waals surface area contributed by atoms with Gasteiger partial charge in [-0.15, -0.1) is 11.3 Å². The van der Waals surface area contributed by atoms with Crippen LogP contribution < -0.4 is 16.0 Å². The molecule has 162 valence electrons.